The van der Waals surface area contributed by atoms with Crippen LogP contribution in [-0.4, -0.2) is 35.4 Å². The molecule has 0 saturated carbocycles. The highest BCUT2D eigenvalue weighted by molar-refractivity contribution is 4.76. The lowest BCUT2D eigenvalue weighted by Gasteiger charge is -2.39. The Bertz CT molecular complexity index is 153. The Morgan fingerprint density at radius 2 is 1.93 bits per heavy atom. The molecule has 0 spiro atoms. The molecule has 1 aliphatic heterocycles. The van der Waals surface area contributed by atoms with Gasteiger partial charge in [-0.3, -0.25) is 5.43 Å². The van der Waals surface area contributed by atoms with Crippen LogP contribution in [0.25, 0.3) is 0 Å². The summed E-state index contributed by atoms with van der Waals surface area (Å²) in [5.74, 6) is 0.344. The van der Waals surface area contributed by atoms with Crippen molar-refractivity contribution in [2.75, 3.05) is 13.2 Å². The van der Waals surface area contributed by atoms with E-state index in [1.807, 2.05) is 0 Å². The normalized spacial score (nSPS) is 31.7. The Morgan fingerprint density at radius 1 is 1.36 bits per heavy atom. The van der Waals surface area contributed by atoms with E-state index in [2.05, 4.69) is 31.2 Å². The fraction of sp³-hybridized carbons (Fsp3) is 1.00. The molecule has 1 aliphatic rings. The molecule has 3 unspecified atom stereocenters. The van der Waals surface area contributed by atoms with Crippen LogP contribution in [0, 0.1) is 5.92 Å². The lowest BCUT2D eigenvalue weighted by molar-refractivity contribution is 0.0375. The third kappa shape index (κ3) is 3.23. The van der Waals surface area contributed by atoms with Gasteiger partial charge >= 0.3 is 0 Å². The number of rotatable bonds is 4. The number of hydrazine groups is 1. The second-order valence-electron chi connectivity index (χ2n) is 4.69. The monoisotopic (exact) mass is 200 g/mol. The van der Waals surface area contributed by atoms with Crippen LogP contribution in [-0.2, 0) is 0 Å². The van der Waals surface area contributed by atoms with Crippen LogP contribution in [0.2, 0.25) is 0 Å². The van der Waals surface area contributed by atoms with Crippen molar-refractivity contribution < 1.29 is 5.11 Å². The molecule has 0 aliphatic carbocycles. The van der Waals surface area contributed by atoms with Gasteiger partial charge in [-0.1, -0.05) is 13.3 Å². The Kier molecular flexibility index (Phi) is 4.85. The van der Waals surface area contributed by atoms with Crippen molar-refractivity contribution in [3.63, 3.8) is 0 Å². The summed E-state index contributed by atoms with van der Waals surface area (Å²) in [6.45, 7) is 7.75. The van der Waals surface area contributed by atoms with Gasteiger partial charge in [-0.05, 0) is 32.6 Å². The number of hydrogen-bond donors (Lipinski definition) is 2. The van der Waals surface area contributed by atoms with E-state index in [1.54, 1.807) is 0 Å². The van der Waals surface area contributed by atoms with Crippen molar-refractivity contribution in [1.82, 2.24) is 10.4 Å². The molecule has 0 aromatic carbocycles. The van der Waals surface area contributed by atoms with Gasteiger partial charge in [0.15, 0.2) is 0 Å². The van der Waals surface area contributed by atoms with E-state index in [0.717, 1.165) is 6.54 Å². The Labute approximate surface area is 87.5 Å². The van der Waals surface area contributed by atoms with Gasteiger partial charge in [-0.25, -0.2) is 5.01 Å². The highest BCUT2D eigenvalue weighted by Crippen LogP contribution is 2.20. The predicted octanol–water partition coefficient (Wildman–Crippen LogP) is 1.38. The summed E-state index contributed by atoms with van der Waals surface area (Å²) in [7, 11) is 0. The summed E-state index contributed by atoms with van der Waals surface area (Å²) in [5, 5.41) is 11.3. The van der Waals surface area contributed by atoms with Crippen molar-refractivity contribution in [2.45, 2.75) is 52.1 Å². The second kappa shape index (κ2) is 5.69. The van der Waals surface area contributed by atoms with Crippen LogP contribution >= 0.6 is 0 Å². The lowest BCUT2D eigenvalue weighted by Crippen LogP contribution is -2.53. The average Bonchev–Trinajstić information content (AvgIpc) is 2.16. The molecule has 1 saturated heterocycles. The topological polar surface area (TPSA) is 35.5 Å². The van der Waals surface area contributed by atoms with Crippen LogP contribution in [0.15, 0.2) is 0 Å². The molecular weight excluding hydrogens is 176 g/mol. The molecule has 1 rings (SSSR count). The SMILES string of the molecule is CC(CO)CNN1C(C)CCCC1C. The first-order valence-electron chi connectivity index (χ1n) is 5.77. The van der Waals surface area contributed by atoms with Crippen LogP contribution in [0.3, 0.4) is 0 Å². The minimum atomic E-state index is 0.267. The minimum absolute atomic E-state index is 0.267. The van der Waals surface area contributed by atoms with Crippen LogP contribution in [0.1, 0.15) is 40.0 Å². The maximum Gasteiger partial charge on any atom is 0.0469 e. The zero-order chi connectivity index (χ0) is 10.6. The molecule has 0 aromatic rings. The van der Waals surface area contributed by atoms with Gasteiger partial charge in [-0.15, -0.1) is 0 Å². The smallest absolute Gasteiger partial charge is 0.0469 e. The van der Waals surface area contributed by atoms with Crippen molar-refractivity contribution in [3.05, 3.63) is 0 Å². The molecule has 0 bridgehead atoms. The molecule has 3 nitrogen and oxygen atoms in total. The van der Waals surface area contributed by atoms with Crippen molar-refractivity contribution in [1.29, 1.82) is 0 Å². The average molecular weight is 200 g/mol. The molecular formula is C11H24N2O. The molecule has 0 aromatic heterocycles. The molecule has 14 heavy (non-hydrogen) atoms. The van der Waals surface area contributed by atoms with E-state index < -0.39 is 0 Å². The first-order valence-corrected chi connectivity index (χ1v) is 5.77. The van der Waals surface area contributed by atoms with Crippen LogP contribution in [0.5, 0.6) is 0 Å². The first kappa shape index (κ1) is 12.0. The first-order chi connectivity index (χ1) is 6.65. The van der Waals surface area contributed by atoms with E-state index in [0.29, 0.717) is 18.0 Å². The van der Waals surface area contributed by atoms with Gasteiger partial charge in [0.25, 0.3) is 0 Å². The maximum absolute atomic E-state index is 8.94. The van der Waals surface area contributed by atoms with Crippen molar-refractivity contribution in [3.8, 4) is 0 Å². The number of nitrogens with zero attached hydrogens (tertiary/aromatic N) is 1. The molecule has 0 amide bonds. The van der Waals surface area contributed by atoms with E-state index in [4.69, 9.17) is 5.11 Å². The summed E-state index contributed by atoms with van der Waals surface area (Å²) in [6.07, 6.45) is 3.91. The van der Waals surface area contributed by atoms with Crippen molar-refractivity contribution in [2.24, 2.45) is 5.92 Å². The quantitative estimate of drug-likeness (QED) is 0.720. The van der Waals surface area contributed by atoms with Crippen LogP contribution in [0.4, 0.5) is 0 Å². The second-order valence-corrected chi connectivity index (χ2v) is 4.69. The van der Waals surface area contributed by atoms with Gasteiger partial charge in [0.05, 0.1) is 0 Å². The maximum atomic E-state index is 8.94. The Hall–Kier alpha value is -0.120. The highest BCUT2D eigenvalue weighted by Gasteiger charge is 2.24. The van der Waals surface area contributed by atoms with Gasteiger partial charge in [0.2, 0.25) is 0 Å². The van der Waals surface area contributed by atoms with Gasteiger partial charge < -0.3 is 5.11 Å². The van der Waals surface area contributed by atoms with E-state index in [1.165, 1.54) is 19.3 Å². The van der Waals surface area contributed by atoms with Gasteiger partial charge in [0.1, 0.15) is 0 Å². The fourth-order valence-corrected chi connectivity index (χ4v) is 2.06. The number of hydrogen-bond acceptors (Lipinski definition) is 3. The third-order valence-electron chi connectivity index (χ3n) is 3.13. The predicted molar refractivity (Wildman–Crippen MR) is 58.9 cm³/mol. The molecule has 2 N–H and O–H groups in total. The summed E-state index contributed by atoms with van der Waals surface area (Å²) < 4.78 is 0. The molecule has 1 heterocycles. The standard InChI is InChI=1S/C11H24N2O/c1-9(8-14)7-12-13-10(2)5-4-6-11(13)3/h9-12,14H,4-8H2,1-3H3. The fourth-order valence-electron chi connectivity index (χ4n) is 2.06. The van der Waals surface area contributed by atoms with Gasteiger partial charge in [0, 0.05) is 25.2 Å². The minimum Gasteiger partial charge on any atom is -0.396 e. The van der Waals surface area contributed by atoms with E-state index in [9.17, 15) is 0 Å². The van der Waals surface area contributed by atoms with E-state index in [-0.39, 0.29) is 6.61 Å². The zero-order valence-corrected chi connectivity index (χ0v) is 9.66. The lowest BCUT2D eigenvalue weighted by atomic mass is 10.00. The highest BCUT2D eigenvalue weighted by atomic mass is 16.3. The van der Waals surface area contributed by atoms with Crippen molar-refractivity contribution >= 4 is 0 Å². The summed E-state index contributed by atoms with van der Waals surface area (Å²) in [5.41, 5.74) is 3.45. The zero-order valence-electron chi connectivity index (χ0n) is 9.66. The number of piperidine rings is 1. The molecule has 3 heteroatoms. The largest absolute Gasteiger partial charge is 0.396 e. The molecule has 0 radical (unpaired) electrons. The third-order valence-corrected chi connectivity index (χ3v) is 3.13. The number of nitrogens with one attached hydrogen (secondary N) is 1. The Morgan fingerprint density at radius 3 is 2.43 bits per heavy atom. The number of aliphatic hydroxyl groups is 1. The van der Waals surface area contributed by atoms with E-state index >= 15 is 0 Å². The molecule has 3 atom stereocenters. The molecule has 84 valence electrons. The van der Waals surface area contributed by atoms with Gasteiger partial charge in [-0.2, -0.15) is 0 Å². The van der Waals surface area contributed by atoms with Crippen LogP contribution < -0.4 is 5.43 Å². The molecule has 1 fully saturated rings. The number of aliphatic hydroxyl groups excluding tert-OH is 1. The Balaban J connectivity index is 2.32. The summed E-state index contributed by atoms with van der Waals surface area (Å²) in [6, 6.07) is 1.26. The summed E-state index contributed by atoms with van der Waals surface area (Å²) in [4.78, 5) is 0. The summed E-state index contributed by atoms with van der Waals surface area (Å²) >= 11 is 0.